The van der Waals surface area contributed by atoms with Crippen LogP contribution in [0.2, 0.25) is 0 Å². The molecule has 0 unspecified atom stereocenters. The van der Waals surface area contributed by atoms with Crippen LogP contribution in [0.15, 0.2) is 50.9 Å². The van der Waals surface area contributed by atoms with Crippen molar-refractivity contribution < 1.29 is 19.1 Å². The summed E-state index contributed by atoms with van der Waals surface area (Å²) in [5, 5.41) is 1.22. The number of rotatable bonds is 2. The molecule has 0 saturated carbocycles. The highest BCUT2D eigenvalue weighted by Gasteiger charge is 2.34. The number of amides is 2. The van der Waals surface area contributed by atoms with E-state index in [1.807, 2.05) is 0 Å². The van der Waals surface area contributed by atoms with E-state index in [-0.39, 0.29) is 12.4 Å². The number of halogens is 2. The minimum Gasteiger partial charge on any atom is -0.454 e. The summed E-state index contributed by atoms with van der Waals surface area (Å²) in [6, 6.07) is 10.5. The molecular formula is C17H10Br2N2O4. The molecule has 2 heterocycles. The maximum atomic E-state index is 12.6. The molecular weight excluding hydrogens is 456 g/mol. The lowest BCUT2D eigenvalue weighted by atomic mass is 10.1. The first-order valence-electron chi connectivity index (χ1n) is 7.25. The molecule has 2 aromatic carbocycles. The average Bonchev–Trinajstić information content (AvgIpc) is 3.15. The Labute approximate surface area is 159 Å². The summed E-state index contributed by atoms with van der Waals surface area (Å²) in [5.74, 6) is 0.313. The Morgan fingerprint density at radius 1 is 1.04 bits per heavy atom. The molecule has 2 aromatic rings. The first kappa shape index (κ1) is 16.2. The second kappa shape index (κ2) is 6.20. The summed E-state index contributed by atoms with van der Waals surface area (Å²) in [6.45, 7) is 0.151. The lowest BCUT2D eigenvalue weighted by molar-refractivity contribution is -0.117. The third-order valence-electron chi connectivity index (χ3n) is 3.77. The normalized spacial score (nSPS) is 17.4. The van der Waals surface area contributed by atoms with Crippen LogP contribution < -0.4 is 19.9 Å². The van der Waals surface area contributed by atoms with Crippen LogP contribution >= 0.6 is 31.9 Å². The number of hydrogen-bond donors (Lipinski definition) is 1. The minimum atomic E-state index is -0.461. The number of hydrogen-bond acceptors (Lipinski definition) is 4. The molecule has 0 atom stereocenters. The Hall–Kier alpha value is -2.32. The molecule has 1 N–H and O–H groups in total. The highest BCUT2D eigenvalue weighted by Crippen LogP contribution is 2.38. The van der Waals surface area contributed by atoms with Gasteiger partial charge in [0.15, 0.2) is 11.5 Å². The van der Waals surface area contributed by atoms with Crippen LogP contribution in [0, 0.1) is 0 Å². The van der Waals surface area contributed by atoms with Gasteiger partial charge >= 0.3 is 0 Å². The van der Waals surface area contributed by atoms with Crippen LogP contribution in [-0.4, -0.2) is 18.6 Å². The first-order chi connectivity index (χ1) is 12.0. The number of hydrazine groups is 1. The second-order valence-electron chi connectivity index (χ2n) is 5.34. The van der Waals surface area contributed by atoms with Crippen LogP contribution in [0.25, 0.3) is 6.08 Å². The fourth-order valence-electron chi connectivity index (χ4n) is 2.53. The number of benzene rings is 2. The highest BCUT2D eigenvalue weighted by molar-refractivity contribution is 9.10. The smallest absolute Gasteiger partial charge is 0.282 e. The fraction of sp³-hybridized carbons (Fsp3) is 0.0588. The van der Waals surface area contributed by atoms with Crippen molar-refractivity contribution in [1.82, 2.24) is 5.43 Å². The fourth-order valence-corrected chi connectivity index (χ4v) is 3.23. The molecule has 0 bridgehead atoms. The minimum absolute atomic E-state index is 0.0440. The molecule has 126 valence electrons. The van der Waals surface area contributed by atoms with Crippen molar-refractivity contribution in [1.29, 1.82) is 0 Å². The average molecular weight is 466 g/mol. The Balaban J connectivity index is 1.69. The first-order valence-corrected chi connectivity index (χ1v) is 8.83. The largest absolute Gasteiger partial charge is 0.454 e. The molecule has 0 spiro atoms. The van der Waals surface area contributed by atoms with Gasteiger partial charge in [-0.15, -0.1) is 0 Å². The van der Waals surface area contributed by atoms with Crippen molar-refractivity contribution in [2.45, 2.75) is 0 Å². The predicted octanol–water partition coefficient (Wildman–Crippen LogP) is 3.40. The van der Waals surface area contributed by atoms with E-state index in [0.29, 0.717) is 27.2 Å². The van der Waals surface area contributed by atoms with Crippen molar-refractivity contribution in [2.75, 3.05) is 11.8 Å². The van der Waals surface area contributed by atoms with Crippen LogP contribution in [0.3, 0.4) is 0 Å². The summed E-state index contributed by atoms with van der Waals surface area (Å²) >= 11 is 6.76. The van der Waals surface area contributed by atoms with Crippen molar-refractivity contribution in [2.24, 2.45) is 0 Å². The van der Waals surface area contributed by atoms with Crippen molar-refractivity contribution in [3.8, 4) is 11.5 Å². The molecule has 2 amide bonds. The third-order valence-corrected chi connectivity index (χ3v) is 4.98. The van der Waals surface area contributed by atoms with E-state index in [2.05, 4.69) is 37.3 Å². The Bertz CT molecular complexity index is 925. The zero-order valence-corrected chi connectivity index (χ0v) is 15.8. The third kappa shape index (κ3) is 2.91. The van der Waals surface area contributed by atoms with Crippen LogP contribution in [0.4, 0.5) is 5.69 Å². The molecule has 1 saturated heterocycles. The van der Waals surface area contributed by atoms with Crippen LogP contribution in [0.1, 0.15) is 5.56 Å². The van der Waals surface area contributed by atoms with E-state index >= 15 is 0 Å². The van der Waals surface area contributed by atoms with Gasteiger partial charge in [0, 0.05) is 8.95 Å². The highest BCUT2D eigenvalue weighted by atomic mass is 79.9. The molecule has 0 aromatic heterocycles. The molecule has 0 aliphatic carbocycles. The molecule has 6 nitrogen and oxygen atoms in total. The standard InChI is InChI=1S/C17H10Br2N2O4/c18-10-1-3-11(4-2-10)21-17(23)12(16(22)20-21)5-9-6-14-15(7-13(9)19)25-8-24-14/h1-7H,8H2,(H,20,22). The number of carbonyl (C=O) groups excluding carboxylic acids is 2. The summed E-state index contributed by atoms with van der Waals surface area (Å²) in [5.41, 5.74) is 3.85. The topological polar surface area (TPSA) is 67.9 Å². The number of anilines is 1. The van der Waals surface area contributed by atoms with Crippen molar-refractivity contribution >= 4 is 55.4 Å². The zero-order chi connectivity index (χ0) is 17.6. The molecule has 2 aliphatic rings. The van der Waals surface area contributed by atoms with E-state index in [0.717, 1.165) is 4.47 Å². The Morgan fingerprint density at radius 3 is 2.44 bits per heavy atom. The van der Waals surface area contributed by atoms with Gasteiger partial charge in [-0.05, 0) is 48.0 Å². The number of fused-ring (bicyclic) bond motifs is 1. The SMILES string of the molecule is O=C1NN(c2ccc(Br)cc2)C(=O)C1=Cc1cc2c(cc1Br)OCO2. The maximum absolute atomic E-state index is 12.6. The van der Waals surface area contributed by atoms with Gasteiger partial charge in [-0.1, -0.05) is 31.9 Å². The molecule has 4 rings (SSSR count). The lowest BCUT2D eigenvalue weighted by Gasteiger charge is -2.14. The van der Waals surface area contributed by atoms with E-state index in [1.165, 1.54) is 11.1 Å². The summed E-state index contributed by atoms with van der Waals surface area (Å²) in [6.07, 6.45) is 1.53. The van der Waals surface area contributed by atoms with Gasteiger partial charge in [-0.3, -0.25) is 15.0 Å². The van der Waals surface area contributed by atoms with Crippen LogP contribution in [-0.2, 0) is 9.59 Å². The molecule has 25 heavy (non-hydrogen) atoms. The molecule has 1 fully saturated rings. The van der Waals surface area contributed by atoms with E-state index in [1.54, 1.807) is 36.4 Å². The lowest BCUT2D eigenvalue weighted by Crippen LogP contribution is -2.35. The molecule has 2 aliphatic heterocycles. The molecule has 8 heteroatoms. The number of nitrogens with zero attached hydrogens (tertiary/aromatic N) is 1. The second-order valence-corrected chi connectivity index (χ2v) is 7.11. The van der Waals surface area contributed by atoms with E-state index in [9.17, 15) is 9.59 Å². The predicted molar refractivity (Wildman–Crippen MR) is 98.0 cm³/mol. The van der Waals surface area contributed by atoms with Gasteiger partial charge < -0.3 is 9.47 Å². The number of ether oxygens (including phenoxy) is 2. The maximum Gasteiger partial charge on any atom is 0.282 e. The van der Waals surface area contributed by atoms with Gasteiger partial charge in [0.05, 0.1) is 5.69 Å². The zero-order valence-electron chi connectivity index (χ0n) is 12.6. The summed E-state index contributed by atoms with van der Waals surface area (Å²) in [4.78, 5) is 24.9. The van der Waals surface area contributed by atoms with Gasteiger partial charge in [-0.25, -0.2) is 5.01 Å². The van der Waals surface area contributed by atoms with Gasteiger partial charge in [0.1, 0.15) is 5.57 Å². The van der Waals surface area contributed by atoms with Gasteiger partial charge in [0.25, 0.3) is 11.8 Å². The number of carbonyl (C=O) groups is 2. The van der Waals surface area contributed by atoms with Gasteiger partial charge in [-0.2, -0.15) is 0 Å². The Kier molecular flexibility index (Phi) is 4.01. The summed E-state index contributed by atoms with van der Waals surface area (Å²) < 4.78 is 12.2. The van der Waals surface area contributed by atoms with Crippen molar-refractivity contribution in [3.05, 3.63) is 56.5 Å². The monoisotopic (exact) mass is 464 g/mol. The Morgan fingerprint density at radius 2 is 1.72 bits per heavy atom. The van der Waals surface area contributed by atoms with Crippen LogP contribution in [0.5, 0.6) is 11.5 Å². The van der Waals surface area contributed by atoms with Crippen molar-refractivity contribution in [3.63, 3.8) is 0 Å². The number of nitrogens with one attached hydrogen (secondary N) is 1. The summed E-state index contributed by atoms with van der Waals surface area (Å²) in [7, 11) is 0. The van der Waals surface area contributed by atoms with E-state index < -0.39 is 11.8 Å². The van der Waals surface area contributed by atoms with E-state index in [4.69, 9.17) is 9.47 Å². The molecule has 0 radical (unpaired) electrons. The van der Waals surface area contributed by atoms with Gasteiger partial charge in [0.2, 0.25) is 6.79 Å². The quantitative estimate of drug-likeness (QED) is 0.545.